The number of halogens is 2. The van der Waals surface area contributed by atoms with Gasteiger partial charge in [-0.3, -0.25) is 4.79 Å². The van der Waals surface area contributed by atoms with Crippen molar-refractivity contribution >= 4 is 33.4 Å². The van der Waals surface area contributed by atoms with E-state index in [1.54, 1.807) is 12.1 Å². The lowest BCUT2D eigenvalue weighted by Gasteiger charge is -2.18. The van der Waals surface area contributed by atoms with Crippen LogP contribution in [0.1, 0.15) is 30.5 Å². The van der Waals surface area contributed by atoms with Gasteiger partial charge in [0.2, 0.25) is 0 Å². The smallest absolute Gasteiger partial charge is 0.258 e. The molecule has 5 heteroatoms. The van der Waals surface area contributed by atoms with Crippen LogP contribution in [-0.4, -0.2) is 12.5 Å². The van der Waals surface area contributed by atoms with Crippen LogP contribution in [-0.2, 0) is 4.79 Å². The topological polar surface area (TPSA) is 38.3 Å². The molecule has 0 aliphatic carbocycles. The minimum atomic E-state index is -0.146. The fraction of sp³-hybridized carbons (Fsp3) is 0.278. The van der Waals surface area contributed by atoms with Gasteiger partial charge in [-0.25, -0.2) is 0 Å². The first-order valence-electron chi connectivity index (χ1n) is 7.43. The molecule has 2 rings (SSSR count). The van der Waals surface area contributed by atoms with E-state index in [1.165, 1.54) is 0 Å². The maximum Gasteiger partial charge on any atom is 0.258 e. The molecule has 3 nitrogen and oxygen atoms in total. The molecule has 0 aliphatic rings. The molecular formula is C18H19BrClNO2. The molecule has 0 spiro atoms. The lowest BCUT2D eigenvalue weighted by atomic mass is 10.0. The number of benzene rings is 2. The lowest BCUT2D eigenvalue weighted by molar-refractivity contribution is -0.123. The number of hydrogen-bond donors (Lipinski definition) is 1. The van der Waals surface area contributed by atoms with Crippen molar-refractivity contribution < 1.29 is 9.53 Å². The largest absolute Gasteiger partial charge is 0.484 e. The van der Waals surface area contributed by atoms with Crippen LogP contribution in [0.25, 0.3) is 0 Å². The van der Waals surface area contributed by atoms with Crippen molar-refractivity contribution in [3.63, 3.8) is 0 Å². The van der Waals surface area contributed by atoms with E-state index in [-0.39, 0.29) is 18.6 Å². The Morgan fingerprint density at radius 3 is 2.57 bits per heavy atom. The Kier molecular flexibility index (Phi) is 6.48. The SMILES string of the molecule is CC[C@H](NC(=O)COc1ccc(Cl)c(C)c1)c1ccc(Br)cc1. The van der Waals surface area contributed by atoms with Crippen LogP contribution in [0.4, 0.5) is 0 Å². The van der Waals surface area contributed by atoms with Crippen LogP contribution >= 0.6 is 27.5 Å². The predicted molar refractivity (Wildman–Crippen MR) is 97.0 cm³/mol. The molecule has 2 aromatic rings. The Balaban J connectivity index is 1.92. The van der Waals surface area contributed by atoms with Crippen molar-refractivity contribution in [2.75, 3.05) is 6.61 Å². The summed E-state index contributed by atoms with van der Waals surface area (Å²) in [6.07, 6.45) is 0.813. The minimum absolute atomic E-state index is 0.0197. The highest BCUT2D eigenvalue weighted by Gasteiger charge is 2.13. The van der Waals surface area contributed by atoms with Gasteiger partial charge in [0.05, 0.1) is 6.04 Å². The lowest BCUT2D eigenvalue weighted by Crippen LogP contribution is -2.32. The number of ether oxygens (including phenoxy) is 1. The Morgan fingerprint density at radius 2 is 1.96 bits per heavy atom. The number of rotatable bonds is 6. The van der Waals surface area contributed by atoms with Gasteiger partial charge in [0.25, 0.3) is 5.91 Å². The summed E-state index contributed by atoms with van der Waals surface area (Å²) < 4.78 is 6.54. The number of hydrogen-bond acceptors (Lipinski definition) is 2. The number of amides is 1. The van der Waals surface area contributed by atoms with Crippen LogP contribution in [0.3, 0.4) is 0 Å². The third-order valence-electron chi connectivity index (χ3n) is 3.52. The summed E-state index contributed by atoms with van der Waals surface area (Å²) in [6, 6.07) is 13.3. The maximum atomic E-state index is 12.1. The summed E-state index contributed by atoms with van der Waals surface area (Å²) in [5, 5.41) is 3.68. The van der Waals surface area contributed by atoms with E-state index in [0.29, 0.717) is 10.8 Å². The van der Waals surface area contributed by atoms with E-state index in [0.717, 1.165) is 22.0 Å². The summed E-state index contributed by atoms with van der Waals surface area (Å²) in [7, 11) is 0. The average molecular weight is 397 g/mol. The van der Waals surface area contributed by atoms with E-state index in [1.807, 2.05) is 44.2 Å². The van der Waals surface area contributed by atoms with Gasteiger partial charge in [-0.1, -0.05) is 46.6 Å². The standard InChI is InChI=1S/C18H19BrClNO2/c1-3-17(13-4-6-14(19)7-5-13)21-18(22)11-23-15-8-9-16(20)12(2)10-15/h4-10,17H,3,11H2,1-2H3,(H,21,22)/t17-/m0/s1. The number of nitrogens with one attached hydrogen (secondary N) is 1. The molecule has 0 radical (unpaired) electrons. The summed E-state index contributed by atoms with van der Waals surface area (Å²) in [5.41, 5.74) is 2.00. The second kappa shape index (κ2) is 8.37. The van der Waals surface area contributed by atoms with E-state index in [9.17, 15) is 4.79 Å². The molecule has 0 fully saturated rings. The Hall–Kier alpha value is -1.52. The summed E-state index contributed by atoms with van der Waals surface area (Å²) >= 11 is 9.38. The Bertz CT molecular complexity index is 673. The highest BCUT2D eigenvalue weighted by atomic mass is 79.9. The van der Waals surface area contributed by atoms with E-state index in [4.69, 9.17) is 16.3 Å². The first-order valence-corrected chi connectivity index (χ1v) is 8.60. The maximum absolute atomic E-state index is 12.1. The van der Waals surface area contributed by atoms with Crippen LogP contribution in [0.15, 0.2) is 46.9 Å². The predicted octanol–water partition coefficient (Wildman–Crippen LogP) is 5.06. The zero-order valence-electron chi connectivity index (χ0n) is 13.1. The average Bonchev–Trinajstić information content (AvgIpc) is 2.54. The molecule has 1 atom stereocenters. The quantitative estimate of drug-likeness (QED) is 0.741. The van der Waals surface area contributed by atoms with Gasteiger partial charge in [-0.2, -0.15) is 0 Å². The Morgan fingerprint density at radius 1 is 1.26 bits per heavy atom. The monoisotopic (exact) mass is 395 g/mol. The number of carbonyl (C=O) groups is 1. The molecule has 0 heterocycles. The van der Waals surface area contributed by atoms with Crippen molar-refractivity contribution in [2.24, 2.45) is 0 Å². The van der Waals surface area contributed by atoms with Crippen LogP contribution in [0.2, 0.25) is 5.02 Å². The van der Waals surface area contributed by atoms with Gasteiger partial charge in [-0.15, -0.1) is 0 Å². The van der Waals surface area contributed by atoms with E-state index >= 15 is 0 Å². The fourth-order valence-corrected chi connectivity index (χ4v) is 2.59. The van der Waals surface area contributed by atoms with Gasteiger partial charge in [0, 0.05) is 9.50 Å². The molecule has 0 saturated carbocycles. The number of carbonyl (C=O) groups excluding carboxylic acids is 1. The molecule has 23 heavy (non-hydrogen) atoms. The molecule has 0 bridgehead atoms. The van der Waals surface area contributed by atoms with E-state index in [2.05, 4.69) is 21.2 Å². The van der Waals surface area contributed by atoms with Crippen LogP contribution in [0.5, 0.6) is 5.75 Å². The van der Waals surface area contributed by atoms with Crippen molar-refractivity contribution in [1.82, 2.24) is 5.32 Å². The second-order valence-corrected chi connectivity index (χ2v) is 6.60. The van der Waals surface area contributed by atoms with Gasteiger partial charge in [0.15, 0.2) is 6.61 Å². The van der Waals surface area contributed by atoms with Gasteiger partial charge < -0.3 is 10.1 Å². The first kappa shape index (κ1) is 17.8. The molecule has 0 aromatic heterocycles. The second-order valence-electron chi connectivity index (χ2n) is 5.28. The summed E-state index contributed by atoms with van der Waals surface area (Å²) in [5.74, 6) is 0.492. The van der Waals surface area contributed by atoms with Gasteiger partial charge in [-0.05, 0) is 54.8 Å². The van der Waals surface area contributed by atoms with Gasteiger partial charge in [0.1, 0.15) is 5.75 Å². The van der Waals surface area contributed by atoms with Crippen molar-refractivity contribution in [2.45, 2.75) is 26.3 Å². The molecule has 0 aliphatic heterocycles. The molecule has 0 saturated heterocycles. The number of aryl methyl sites for hydroxylation is 1. The van der Waals surface area contributed by atoms with Crippen molar-refractivity contribution in [3.8, 4) is 5.75 Å². The molecule has 1 amide bonds. The molecule has 2 aromatic carbocycles. The normalized spacial score (nSPS) is 11.8. The Labute approximate surface area is 150 Å². The molecule has 0 unspecified atom stereocenters. The zero-order valence-corrected chi connectivity index (χ0v) is 15.4. The third kappa shape index (κ3) is 5.26. The highest BCUT2D eigenvalue weighted by molar-refractivity contribution is 9.10. The molecule has 1 N–H and O–H groups in total. The third-order valence-corrected chi connectivity index (χ3v) is 4.47. The fourth-order valence-electron chi connectivity index (χ4n) is 2.21. The summed E-state index contributed by atoms with van der Waals surface area (Å²) in [4.78, 5) is 12.1. The summed E-state index contributed by atoms with van der Waals surface area (Å²) in [6.45, 7) is 3.92. The highest BCUT2D eigenvalue weighted by Crippen LogP contribution is 2.21. The zero-order chi connectivity index (χ0) is 16.8. The van der Waals surface area contributed by atoms with Crippen LogP contribution < -0.4 is 10.1 Å². The van der Waals surface area contributed by atoms with E-state index < -0.39 is 0 Å². The molecular weight excluding hydrogens is 378 g/mol. The minimum Gasteiger partial charge on any atom is -0.484 e. The van der Waals surface area contributed by atoms with Gasteiger partial charge >= 0.3 is 0 Å². The van der Waals surface area contributed by atoms with Crippen molar-refractivity contribution in [1.29, 1.82) is 0 Å². The van der Waals surface area contributed by atoms with Crippen molar-refractivity contribution in [3.05, 3.63) is 63.1 Å². The molecule has 122 valence electrons. The first-order chi connectivity index (χ1) is 11.0. The van der Waals surface area contributed by atoms with Crippen LogP contribution in [0, 0.1) is 6.92 Å².